The van der Waals surface area contributed by atoms with Gasteiger partial charge in [-0.2, -0.15) is 0 Å². The molecule has 5 aliphatic rings. The summed E-state index contributed by atoms with van der Waals surface area (Å²) < 4.78 is 0. The average Bonchev–Trinajstić information content (AvgIpc) is 3.44. The van der Waals surface area contributed by atoms with Crippen molar-refractivity contribution in [2.45, 2.75) is 105 Å². The quantitative estimate of drug-likeness (QED) is 0.476. The highest BCUT2D eigenvalue weighted by Gasteiger charge is 2.86. The van der Waals surface area contributed by atoms with Crippen LogP contribution in [-0.2, 0) is 9.59 Å². The molecule has 0 radical (unpaired) electrons. The van der Waals surface area contributed by atoms with Crippen LogP contribution < -0.4 is 10.6 Å². The summed E-state index contributed by atoms with van der Waals surface area (Å²) >= 11 is 0. The number of hydrogen-bond donors (Lipinski definition) is 4. The molecule has 0 bridgehead atoms. The Morgan fingerprint density at radius 2 is 1.74 bits per heavy atom. The molecule has 0 heterocycles. The van der Waals surface area contributed by atoms with E-state index >= 15 is 0 Å². The standard InChI is InChI=1S/C29H48N2O4/c1-16(2)24(35)31-21-10-11-28-14-29(28)20(9-8-19(28)25(21,4)15-32)26(5)12-18(33)23(17(3)30-7)27(26,6)13-22(29)34/h16-21,23,30,32-33H,8-15H2,1-7H3,(H,31,35)/t17-,18+,19-,20-,21-,23-,25+,26-,27+,28+,29-/m0/s1. The van der Waals surface area contributed by atoms with Crippen LogP contribution in [0, 0.1) is 50.7 Å². The lowest BCUT2D eigenvalue weighted by molar-refractivity contribution is -0.172. The zero-order valence-electron chi connectivity index (χ0n) is 22.9. The molecule has 5 rings (SSSR count). The molecule has 0 saturated heterocycles. The SMILES string of the molecule is CN[C@@H](C)[C@H]1[C@H](O)C[C@@]2(C)[C@@H]3CC[C@H]4[C@@](C)(CO)[C@@H](NC(=O)C(C)C)CC[C@@]45C[C@@]35C(=O)C[C@]12C. The van der Waals surface area contributed by atoms with Gasteiger partial charge in [-0.25, -0.2) is 0 Å². The summed E-state index contributed by atoms with van der Waals surface area (Å²) in [6.45, 7) is 12.8. The molecule has 0 aromatic carbocycles. The number of ketones is 1. The predicted molar refractivity (Wildman–Crippen MR) is 135 cm³/mol. The number of amides is 1. The van der Waals surface area contributed by atoms with Crippen molar-refractivity contribution >= 4 is 11.7 Å². The first-order valence-electron chi connectivity index (χ1n) is 14.1. The van der Waals surface area contributed by atoms with Gasteiger partial charge in [0.15, 0.2) is 0 Å². The Morgan fingerprint density at radius 1 is 1.09 bits per heavy atom. The van der Waals surface area contributed by atoms with E-state index in [0.717, 1.165) is 38.5 Å². The van der Waals surface area contributed by atoms with E-state index in [9.17, 15) is 19.8 Å². The van der Waals surface area contributed by atoms with Crippen LogP contribution >= 0.6 is 0 Å². The number of nitrogens with one attached hydrogen (secondary N) is 2. The molecule has 2 spiro atoms. The first kappa shape index (κ1) is 25.7. The second-order valence-corrected chi connectivity index (χ2v) is 14.2. The molecule has 5 saturated carbocycles. The summed E-state index contributed by atoms with van der Waals surface area (Å²) in [6, 6.07) is 0.0989. The number of fused-ring (bicyclic) bond motifs is 2. The van der Waals surface area contributed by atoms with E-state index in [2.05, 4.69) is 38.3 Å². The van der Waals surface area contributed by atoms with Crippen molar-refractivity contribution in [1.29, 1.82) is 0 Å². The van der Waals surface area contributed by atoms with E-state index in [-0.39, 0.29) is 69.9 Å². The van der Waals surface area contributed by atoms with Crippen molar-refractivity contribution in [3.8, 4) is 0 Å². The van der Waals surface area contributed by atoms with Crippen LogP contribution in [0.3, 0.4) is 0 Å². The number of carbonyl (C=O) groups is 2. The highest BCUT2D eigenvalue weighted by Crippen LogP contribution is 2.87. The molecule has 198 valence electrons. The van der Waals surface area contributed by atoms with Gasteiger partial charge in [0.2, 0.25) is 5.91 Å². The lowest BCUT2D eigenvalue weighted by atomic mass is 9.41. The number of hydrogen-bond acceptors (Lipinski definition) is 5. The Bertz CT molecular complexity index is 922. The smallest absolute Gasteiger partial charge is 0.222 e. The minimum Gasteiger partial charge on any atom is -0.396 e. The van der Waals surface area contributed by atoms with Crippen LogP contribution in [0.1, 0.15) is 86.5 Å². The van der Waals surface area contributed by atoms with Crippen LogP contribution in [0.25, 0.3) is 0 Å². The second kappa shape index (κ2) is 7.77. The van der Waals surface area contributed by atoms with Gasteiger partial charge in [0.05, 0.1) is 12.7 Å². The molecule has 35 heavy (non-hydrogen) atoms. The number of aliphatic hydroxyl groups is 2. The molecule has 0 aliphatic heterocycles. The number of carbonyl (C=O) groups excluding carboxylic acids is 2. The summed E-state index contributed by atoms with van der Waals surface area (Å²) in [5.74, 6) is 0.960. The van der Waals surface area contributed by atoms with E-state index in [0.29, 0.717) is 12.2 Å². The summed E-state index contributed by atoms with van der Waals surface area (Å²) in [4.78, 5) is 26.9. The van der Waals surface area contributed by atoms with Crippen LogP contribution in [0.4, 0.5) is 0 Å². The molecule has 5 aliphatic carbocycles. The zero-order chi connectivity index (χ0) is 25.8. The Balaban J connectivity index is 1.51. The normalized spacial score (nSPS) is 53.3. The van der Waals surface area contributed by atoms with E-state index in [1.165, 1.54) is 0 Å². The molecule has 11 atom stereocenters. The topological polar surface area (TPSA) is 98.7 Å². The molecule has 6 heteroatoms. The second-order valence-electron chi connectivity index (χ2n) is 14.2. The van der Waals surface area contributed by atoms with Crippen LogP contribution in [0.5, 0.6) is 0 Å². The lowest BCUT2D eigenvalue weighted by Gasteiger charge is -2.62. The van der Waals surface area contributed by atoms with Crippen molar-refractivity contribution in [3.05, 3.63) is 0 Å². The third-order valence-corrected chi connectivity index (χ3v) is 12.9. The maximum atomic E-state index is 14.3. The van der Waals surface area contributed by atoms with Gasteiger partial charge in [-0.3, -0.25) is 9.59 Å². The monoisotopic (exact) mass is 488 g/mol. The van der Waals surface area contributed by atoms with Crippen LogP contribution in [-0.4, -0.2) is 53.7 Å². The fourth-order valence-corrected chi connectivity index (χ4v) is 10.9. The van der Waals surface area contributed by atoms with Gasteiger partial charge < -0.3 is 20.8 Å². The largest absolute Gasteiger partial charge is 0.396 e. The molecule has 0 aromatic heterocycles. The Labute approximate surface area is 211 Å². The van der Waals surface area contributed by atoms with Gasteiger partial charge in [-0.05, 0) is 80.6 Å². The summed E-state index contributed by atoms with van der Waals surface area (Å²) in [6.07, 6.45) is 5.58. The molecule has 5 fully saturated rings. The molecule has 1 amide bonds. The van der Waals surface area contributed by atoms with Crippen molar-refractivity contribution in [1.82, 2.24) is 10.6 Å². The van der Waals surface area contributed by atoms with Gasteiger partial charge in [-0.1, -0.05) is 34.6 Å². The van der Waals surface area contributed by atoms with Gasteiger partial charge in [0, 0.05) is 41.2 Å². The minimum absolute atomic E-state index is 0.0346. The summed E-state index contributed by atoms with van der Waals surface area (Å²) in [5.41, 5.74) is -1.10. The molecule has 4 N–H and O–H groups in total. The zero-order valence-corrected chi connectivity index (χ0v) is 22.9. The van der Waals surface area contributed by atoms with E-state index in [4.69, 9.17) is 0 Å². The average molecular weight is 489 g/mol. The van der Waals surface area contributed by atoms with Crippen molar-refractivity contribution in [2.75, 3.05) is 13.7 Å². The summed E-state index contributed by atoms with van der Waals surface area (Å²) in [5, 5.41) is 28.7. The fourth-order valence-electron chi connectivity index (χ4n) is 10.9. The molecule has 6 nitrogen and oxygen atoms in total. The van der Waals surface area contributed by atoms with E-state index < -0.39 is 11.5 Å². The minimum atomic E-state index is -0.419. The predicted octanol–water partition coefficient (Wildman–Crippen LogP) is 3.30. The van der Waals surface area contributed by atoms with Gasteiger partial charge in [0.1, 0.15) is 5.78 Å². The maximum Gasteiger partial charge on any atom is 0.222 e. The van der Waals surface area contributed by atoms with E-state index in [1.54, 1.807) is 0 Å². The number of Topliss-reactive ketones (excluding diaryl/α,β-unsaturated/α-hetero) is 1. The van der Waals surface area contributed by atoms with Crippen LogP contribution in [0.15, 0.2) is 0 Å². The first-order valence-corrected chi connectivity index (χ1v) is 14.1. The van der Waals surface area contributed by atoms with E-state index in [1.807, 2.05) is 20.9 Å². The molecular weight excluding hydrogens is 440 g/mol. The highest BCUT2D eigenvalue weighted by molar-refractivity contribution is 5.92. The molecule has 0 unspecified atom stereocenters. The highest BCUT2D eigenvalue weighted by atomic mass is 16.3. The van der Waals surface area contributed by atoms with Crippen molar-refractivity contribution in [3.63, 3.8) is 0 Å². The third-order valence-electron chi connectivity index (χ3n) is 12.9. The first-order chi connectivity index (χ1) is 16.3. The van der Waals surface area contributed by atoms with Gasteiger partial charge in [0.25, 0.3) is 0 Å². The van der Waals surface area contributed by atoms with Crippen LogP contribution in [0.2, 0.25) is 0 Å². The Hall–Kier alpha value is -0.980. The summed E-state index contributed by atoms with van der Waals surface area (Å²) in [7, 11) is 1.95. The lowest BCUT2D eigenvalue weighted by Crippen LogP contribution is -2.64. The molecule has 0 aromatic rings. The van der Waals surface area contributed by atoms with Gasteiger partial charge in [-0.15, -0.1) is 0 Å². The Kier molecular flexibility index (Phi) is 5.69. The number of aliphatic hydroxyl groups excluding tert-OH is 2. The van der Waals surface area contributed by atoms with Crippen molar-refractivity contribution < 1.29 is 19.8 Å². The number of rotatable bonds is 5. The maximum absolute atomic E-state index is 14.3. The van der Waals surface area contributed by atoms with Gasteiger partial charge >= 0.3 is 0 Å². The van der Waals surface area contributed by atoms with Crippen molar-refractivity contribution in [2.24, 2.45) is 50.7 Å². The molecular formula is C29H48N2O4. The fraction of sp³-hybridized carbons (Fsp3) is 0.931. The Morgan fingerprint density at radius 3 is 2.34 bits per heavy atom. The third kappa shape index (κ3) is 2.88.